The van der Waals surface area contributed by atoms with Crippen LogP contribution < -0.4 is 24.4 Å². The number of hydrogen-bond donors (Lipinski definition) is 1. The molecule has 14 heteroatoms. The predicted molar refractivity (Wildman–Crippen MR) is 199 cm³/mol. The second kappa shape index (κ2) is 16.8. The number of fused-ring (bicyclic) bond motifs is 1. The van der Waals surface area contributed by atoms with Crippen LogP contribution in [0.5, 0.6) is 17.2 Å². The number of likely N-dealkylation sites (tertiary alicyclic amines) is 1. The number of carbonyl (C=O) groups is 4. The molecule has 2 aliphatic heterocycles. The maximum absolute atomic E-state index is 13.9. The van der Waals surface area contributed by atoms with Gasteiger partial charge in [-0.2, -0.15) is 4.98 Å². The molecule has 52 heavy (non-hydrogen) atoms. The average molecular weight is 727 g/mol. The van der Waals surface area contributed by atoms with Crippen LogP contribution in [0.25, 0.3) is 10.9 Å². The van der Waals surface area contributed by atoms with Crippen LogP contribution in [0.2, 0.25) is 0 Å². The molecule has 13 nitrogen and oxygen atoms in total. The standard InChI is InChI=1S/C38H42N6O7S/c1-25(24-52-37(48)26-11-6-4-7-12-26)36(47)44-16-10-15-30(44)35(46)40-34-28-21-31(49-2)32(50-3)22-29(28)39-38(41-34)43-19-17-42(18-20-43)33(45)23-51-27-13-8-5-9-14-27/h4-9,11-14,21-22,25,30H,10,15-20,23-24H2,1-3H3,(H,39,40,41,46)/t25?,30-/m0/s1. The van der Waals surface area contributed by atoms with Gasteiger partial charge >= 0.3 is 0 Å². The number of ether oxygens (including phenoxy) is 3. The van der Waals surface area contributed by atoms with Gasteiger partial charge < -0.3 is 34.2 Å². The molecule has 2 atom stereocenters. The molecular weight excluding hydrogens is 685 g/mol. The van der Waals surface area contributed by atoms with Crippen LogP contribution in [0, 0.1) is 5.92 Å². The van der Waals surface area contributed by atoms with Crippen molar-refractivity contribution in [3.63, 3.8) is 0 Å². The maximum Gasteiger partial charge on any atom is 0.260 e. The van der Waals surface area contributed by atoms with Crippen molar-refractivity contribution in [3.05, 3.63) is 78.4 Å². The van der Waals surface area contributed by atoms with Crippen molar-refractivity contribution in [2.75, 3.05) is 69.5 Å². The topological polar surface area (TPSA) is 144 Å². The number of nitrogens with zero attached hydrogens (tertiary/aromatic N) is 5. The van der Waals surface area contributed by atoms with Crippen LogP contribution in [0.15, 0.2) is 72.8 Å². The number of thioether (sulfide) groups is 1. The molecule has 2 fully saturated rings. The second-order valence-electron chi connectivity index (χ2n) is 12.6. The zero-order valence-electron chi connectivity index (χ0n) is 29.4. The highest BCUT2D eigenvalue weighted by Crippen LogP contribution is 2.36. The number of hydrogen-bond acceptors (Lipinski definition) is 11. The molecule has 0 bridgehead atoms. The summed E-state index contributed by atoms with van der Waals surface area (Å²) in [7, 11) is 3.06. The lowest BCUT2D eigenvalue weighted by Crippen LogP contribution is -2.50. The minimum Gasteiger partial charge on any atom is -0.493 e. The molecule has 6 rings (SSSR count). The first-order valence-electron chi connectivity index (χ1n) is 17.2. The van der Waals surface area contributed by atoms with Crippen molar-refractivity contribution in [2.24, 2.45) is 5.92 Å². The SMILES string of the molecule is COc1cc2nc(N3CCN(C(=O)COc4ccccc4)CC3)nc(NC(=O)[C@@H]3CCCN3C(=O)C(C)CSC(=O)c3ccccc3)c2cc1OC. The van der Waals surface area contributed by atoms with E-state index in [1.165, 1.54) is 14.2 Å². The third kappa shape index (κ3) is 8.39. The van der Waals surface area contributed by atoms with Gasteiger partial charge in [0, 0.05) is 61.4 Å². The van der Waals surface area contributed by atoms with Gasteiger partial charge in [-0.05, 0) is 31.0 Å². The van der Waals surface area contributed by atoms with E-state index in [0.717, 1.165) is 11.8 Å². The maximum atomic E-state index is 13.9. The van der Waals surface area contributed by atoms with E-state index in [2.05, 4.69) is 5.32 Å². The number of nitrogens with one attached hydrogen (secondary N) is 1. The lowest BCUT2D eigenvalue weighted by atomic mass is 10.1. The summed E-state index contributed by atoms with van der Waals surface area (Å²) in [5, 5.41) is 3.45. The van der Waals surface area contributed by atoms with Crippen molar-refractivity contribution in [2.45, 2.75) is 25.8 Å². The Morgan fingerprint density at radius 2 is 1.56 bits per heavy atom. The number of piperazine rings is 1. The van der Waals surface area contributed by atoms with Crippen molar-refractivity contribution in [3.8, 4) is 17.2 Å². The molecule has 3 heterocycles. The van der Waals surface area contributed by atoms with E-state index in [-0.39, 0.29) is 35.3 Å². The van der Waals surface area contributed by atoms with E-state index in [4.69, 9.17) is 24.2 Å². The monoisotopic (exact) mass is 726 g/mol. The molecule has 3 amide bonds. The molecule has 2 saturated heterocycles. The third-order valence-corrected chi connectivity index (χ3v) is 10.4. The van der Waals surface area contributed by atoms with Gasteiger partial charge in [0.15, 0.2) is 18.1 Å². The summed E-state index contributed by atoms with van der Waals surface area (Å²) in [6.07, 6.45) is 1.17. The van der Waals surface area contributed by atoms with Gasteiger partial charge in [-0.3, -0.25) is 19.2 Å². The van der Waals surface area contributed by atoms with Gasteiger partial charge in [0.1, 0.15) is 17.6 Å². The van der Waals surface area contributed by atoms with Gasteiger partial charge in [0.05, 0.1) is 19.7 Å². The van der Waals surface area contributed by atoms with E-state index in [0.29, 0.717) is 91.0 Å². The first-order valence-corrected chi connectivity index (χ1v) is 18.2. The van der Waals surface area contributed by atoms with E-state index >= 15 is 0 Å². The molecule has 1 N–H and O–H groups in total. The van der Waals surface area contributed by atoms with E-state index in [1.54, 1.807) is 53.1 Å². The minimum atomic E-state index is -0.703. The van der Waals surface area contributed by atoms with Crippen LogP contribution in [0.1, 0.15) is 30.1 Å². The van der Waals surface area contributed by atoms with Crippen molar-refractivity contribution >= 4 is 57.3 Å². The Morgan fingerprint density at radius 1 is 0.885 bits per heavy atom. The number of para-hydroxylation sites is 1. The zero-order chi connectivity index (χ0) is 36.6. The molecule has 0 radical (unpaired) electrons. The Labute approximate surface area is 306 Å². The Bertz CT molecular complexity index is 1910. The number of benzene rings is 3. The number of rotatable bonds is 12. The predicted octanol–water partition coefficient (Wildman–Crippen LogP) is 4.51. The summed E-state index contributed by atoms with van der Waals surface area (Å²) in [5.41, 5.74) is 1.11. The first-order chi connectivity index (χ1) is 25.2. The molecule has 272 valence electrons. The lowest BCUT2D eigenvalue weighted by Gasteiger charge is -2.35. The summed E-state index contributed by atoms with van der Waals surface area (Å²) in [4.78, 5) is 68.0. The smallest absolute Gasteiger partial charge is 0.260 e. The van der Waals surface area contributed by atoms with Gasteiger partial charge in [0.25, 0.3) is 5.91 Å². The largest absolute Gasteiger partial charge is 0.493 e. The number of anilines is 2. The summed E-state index contributed by atoms with van der Waals surface area (Å²) in [5.74, 6) is 1.40. The summed E-state index contributed by atoms with van der Waals surface area (Å²) in [6.45, 7) is 4.00. The highest BCUT2D eigenvalue weighted by Gasteiger charge is 2.37. The Balaban J connectivity index is 1.16. The van der Waals surface area contributed by atoms with Crippen molar-refractivity contribution in [1.82, 2.24) is 19.8 Å². The lowest BCUT2D eigenvalue weighted by molar-refractivity contribution is -0.139. The Morgan fingerprint density at radius 3 is 2.25 bits per heavy atom. The Hall–Kier alpha value is -5.37. The van der Waals surface area contributed by atoms with Gasteiger partial charge in [0.2, 0.25) is 22.9 Å². The number of amides is 3. The molecule has 1 unspecified atom stereocenters. The summed E-state index contributed by atoms with van der Waals surface area (Å²) in [6, 6.07) is 20.9. The number of carbonyl (C=O) groups excluding carboxylic acids is 4. The molecule has 3 aromatic carbocycles. The van der Waals surface area contributed by atoms with E-state index < -0.39 is 12.0 Å². The van der Waals surface area contributed by atoms with Crippen molar-refractivity contribution < 1.29 is 33.4 Å². The second-order valence-corrected chi connectivity index (χ2v) is 13.6. The van der Waals surface area contributed by atoms with Gasteiger partial charge in [-0.15, -0.1) is 0 Å². The number of methoxy groups -OCH3 is 2. The minimum absolute atomic E-state index is 0.0571. The molecular formula is C38H42N6O7S. The van der Waals surface area contributed by atoms with Crippen LogP contribution in [-0.4, -0.2) is 108 Å². The van der Waals surface area contributed by atoms with Crippen molar-refractivity contribution in [1.29, 1.82) is 0 Å². The van der Waals surface area contributed by atoms with Crippen LogP contribution in [-0.2, 0) is 14.4 Å². The van der Waals surface area contributed by atoms with Crippen LogP contribution in [0.3, 0.4) is 0 Å². The number of aromatic nitrogens is 2. The quantitative estimate of drug-likeness (QED) is 0.220. The summed E-state index contributed by atoms with van der Waals surface area (Å²) < 4.78 is 16.7. The zero-order valence-corrected chi connectivity index (χ0v) is 30.3. The molecule has 0 saturated carbocycles. The van der Waals surface area contributed by atoms with Crippen LogP contribution in [0.4, 0.5) is 11.8 Å². The van der Waals surface area contributed by atoms with Crippen LogP contribution >= 0.6 is 11.8 Å². The van der Waals surface area contributed by atoms with E-state index in [9.17, 15) is 19.2 Å². The fourth-order valence-corrected chi connectivity index (χ4v) is 7.15. The normalized spacial score (nSPS) is 16.4. The fourth-order valence-electron chi connectivity index (χ4n) is 6.30. The first kappa shape index (κ1) is 36.4. The Kier molecular flexibility index (Phi) is 11.7. The molecule has 4 aromatic rings. The highest BCUT2D eigenvalue weighted by atomic mass is 32.2. The van der Waals surface area contributed by atoms with Gasteiger partial charge in [-0.25, -0.2) is 4.98 Å². The molecule has 1 aromatic heterocycles. The third-order valence-electron chi connectivity index (χ3n) is 9.19. The van der Waals surface area contributed by atoms with Gasteiger partial charge in [-0.1, -0.05) is 67.2 Å². The molecule has 0 spiro atoms. The average Bonchev–Trinajstić information content (AvgIpc) is 3.69. The summed E-state index contributed by atoms with van der Waals surface area (Å²) >= 11 is 1.10. The molecule has 2 aliphatic rings. The fraction of sp³-hybridized carbons (Fsp3) is 0.368. The van der Waals surface area contributed by atoms with E-state index in [1.807, 2.05) is 41.3 Å². The molecule has 0 aliphatic carbocycles. The highest BCUT2D eigenvalue weighted by molar-refractivity contribution is 8.14.